The van der Waals surface area contributed by atoms with Crippen molar-refractivity contribution in [3.05, 3.63) is 83.4 Å². The molecule has 3 aromatic rings. The van der Waals surface area contributed by atoms with Gasteiger partial charge in [0.25, 0.3) is 0 Å². The second-order valence-electron chi connectivity index (χ2n) is 7.81. The van der Waals surface area contributed by atoms with Crippen LogP contribution in [0, 0.1) is 0 Å². The normalized spacial score (nSPS) is 17.1. The van der Waals surface area contributed by atoms with E-state index in [1.54, 1.807) is 48.5 Å². The minimum atomic E-state index is -4.50. The minimum Gasteiger partial charge on any atom is -0.492 e. The van der Waals surface area contributed by atoms with Crippen molar-refractivity contribution in [2.45, 2.75) is 18.6 Å². The summed E-state index contributed by atoms with van der Waals surface area (Å²) in [5.41, 5.74) is 0.618. The zero-order valence-electron chi connectivity index (χ0n) is 17.5. The molecule has 0 saturated carbocycles. The lowest BCUT2D eigenvalue weighted by Crippen LogP contribution is -2.31. The molecule has 0 N–H and O–H groups in total. The first-order valence-corrected chi connectivity index (χ1v) is 10.5. The first kappa shape index (κ1) is 21.2. The fourth-order valence-corrected chi connectivity index (χ4v) is 4.19. The quantitative estimate of drug-likeness (QED) is 0.532. The van der Waals surface area contributed by atoms with Gasteiger partial charge in [-0.2, -0.15) is 13.2 Å². The lowest BCUT2D eigenvalue weighted by atomic mass is 10.0. The van der Waals surface area contributed by atoms with Crippen LogP contribution in [0.1, 0.15) is 22.6 Å². The highest BCUT2D eigenvalue weighted by atomic mass is 19.4. The molecule has 0 saturated heterocycles. The summed E-state index contributed by atoms with van der Waals surface area (Å²) in [6.07, 6.45) is -4.50. The topological polar surface area (TPSA) is 48.0 Å². The average molecular weight is 455 g/mol. The molecule has 2 aliphatic rings. The monoisotopic (exact) mass is 455 g/mol. The number of alkyl halides is 3. The van der Waals surface area contributed by atoms with Crippen molar-refractivity contribution in [1.82, 2.24) is 0 Å². The van der Waals surface area contributed by atoms with Crippen molar-refractivity contribution in [1.29, 1.82) is 0 Å². The van der Waals surface area contributed by atoms with Crippen molar-refractivity contribution >= 4 is 11.6 Å². The fraction of sp³-hybridized carbons (Fsp3) is 0.240. The molecule has 33 heavy (non-hydrogen) atoms. The predicted octanol–water partition coefficient (Wildman–Crippen LogP) is 5.19. The molecule has 0 spiro atoms. The van der Waals surface area contributed by atoms with Gasteiger partial charge in [-0.15, -0.1) is 0 Å². The van der Waals surface area contributed by atoms with Crippen LogP contribution < -0.4 is 19.1 Å². The summed E-state index contributed by atoms with van der Waals surface area (Å²) in [7, 11) is 0. The van der Waals surface area contributed by atoms with Crippen LogP contribution in [0.25, 0.3) is 0 Å². The summed E-state index contributed by atoms with van der Waals surface area (Å²) in [6, 6.07) is 17.6. The van der Waals surface area contributed by atoms with Crippen molar-refractivity contribution in [3.8, 4) is 17.2 Å². The SMILES string of the molecule is O=C1C(COc2ccc3c(c2)OCCO3)c2ccccc2N1Cc1ccccc1C(F)(F)F. The highest BCUT2D eigenvalue weighted by Gasteiger charge is 2.39. The van der Waals surface area contributed by atoms with Gasteiger partial charge in [-0.1, -0.05) is 36.4 Å². The third-order valence-corrected chi connectivity index (χ3v) is 5.75. The Bertz CT molecular complexity index is 1190. The smallest absolute Gasteiger partial charge is 0.416 e. The van der Waals surface area contributed by atoms with E-state index in [9.17, 15) is 18.0 Å². The Hall–Kier alpha value is -3.68. The number of carbonyl (C=O) groups is 1. The summed E-state index contributed by atoms with van der Waals surface area (Å²) < 4.78 is 57.4. The van der Waals surface area contributed by atoms with Crippen molar-refractivity contribution in [3.63, 3.8) is 0 Å². The number of carbonyl (C=O) groups excluding carboxylic acids is 1. The highest BCUT2D eigenvalue weighted by molar-refractivity contribution is 6.05. The molecular formula is C25H20F3NO4. The summed E-state index contributed by atoms with van der Waals surface area (Å²) in [4.78, 5) is 14.7. The van der Waals surface area contributed by atoms with Crippen molar-refractivity contribution < 1.29 is 32.2 Å². The lowest BCUT2D eigenvalue weighted by molar-refractivity contribution is -0.138. The van der Waals surface area contributed by atoms with E-state index in [1.807, 2.05) is 0 Å². The standard InChI is InChI=1S/C25H20F3NO4/c26-25(27,28)20-7-3-1-5-16(20)14-29-21-8-4-2-6-18(21)19(24(29)30)15-33-17-9-10-22-23(13-17)32-12-11-31-22/h1-10,13,19H,11-12,14-15H2. The number of anilines is 1. The van der Waals surface area contributed by atoms with Crippen LogP contribution in [0.15, 0.2) is 66.7 Å². The van der Waals surface area contributed by atoms with Gasteiger partial charge >= 0.3 is 6.18 Å². The number of rotatable bonds is 5. The van der Waals surface area contributed by atoms with Crippen molar-refractivity contribution in [2.75, 3.05) is 24.7 Å². The molecule has 5 rings (SSSR count). The van der Waals surface area contributed by atoms with Gasteiger partial charge in [0.2, 0.25) is 5.91 Å². The Labute approximate surface area is 188 Å². The minimum absolute atomic E-state index is 0.0431. The number of ether oxygens (including phenoxy) is 3. The van der Waals surface area contributed by atoms with Crippen LogP contribution >= 0.6 is 0 Å². The fourth-order valence-electron chi connectivity index (χ4n) is 4.19. The van der Waals surface area contributed by atoms with Gasteiger partial charge in [-0.3, -0.25) is 4.79 Å². The third kappa shape index (κ3) is 4.08. The molecule has 0 aliphatic carbocycles. The van der Waals surface area contributed by atoms with E-state index >= 15 is 0 Å². The second-order valence-corrected chi connectivity index (χ2v) is 7.81. The Morgan fingerprint density at radius 1 is 0.939 bits per heavy atom. The van der Waals surface area contributed by atoms with E-state index in [-0.39, 0.29) is 24.6 Å². The molecule has 0 fully saturated rings. The molecular weight excluding hydrogens is 435 g/mol. The molecule has 2 aliphatic heterocycles. The van der Waals surface area contributed by atoms with Crippen molar-refractivity contribution in [2.24, 2.45) is 0 Å². The van der Waals surface area contributed by atoms with Gasteiger partial charge in [0.15, 0.2) is 11.5 Å². The van der Waals surface area contributed by atoms with E-state index in [0.717, 1.165) is 11.6 Å². The predicted molar refractivity (Wildman–Crippen MR) is 115 cm³/mol. The van der Waals surface area contributed by atoms with Crippen LogP contribution in [-0.4, -0.2) is 25.7 Å². The number of nitrogens with zero attached hydrogens (tertiary/aromatic N) is 1. The van der Waals surface area contributed by atoms with Crippen LogP contribution in [-0.2, 0) is 17.5 Å². The van der Waals surface area contributed by atoms with Crippen LogP contribution in [0.5, 0.6) is 17.2 Å². The molecule has 3 aromatic carbocycles. The van der Waals surface area contributed by atoms with Gasteiger partial charge in [-0.25, -0.2) is 0 Å². The van der Waals surface area contributed by atoms with Crippen LogP contribution in [0.4, 0.5) is 18.9 Å². The van der Waals surface area contributed by atoms with Gasteiger partial charge in [-0.05, 0) is 35.4 Å². The average Bonchev–Trinajstić information content (AvgIpc) is 3.08. The zero-order chi connectivity index (χ0) is 23.0. The molecule has 0 radical (unpaired) electrons. The molecule has 1 amide bonds. The maximum atomic E-state index is 13.5. The Morgan fingerprint density at radius 3 is 2.48 bits per heavy atom. The lowest BCUT2D eigenvalue weighted by Gasteiger charge is -2.21. The molecule has 5 nitrogen and oxygen atoms in total. The number of fused-ring (bicyclic) bond motifs is 2. The number of halogens is 3. The van der Waals surface area contributed by atoms with Crippen LogP contribution in [0.3, 0.4) is 0 Å². The largest absolute Gasteiger partial charge is 0.492 e. The second kappa shape index (κ2) is 8.35. The number of hydrogen-bond donors (Lipinski definition) is 0. The summed E-state index contributed by atoms with van der Waals surface area (Å²) in [5, 5.41) is 0. The van der Waals surface area contributed by atoms with Gasteiger partial charge in [0.05, 0.1) is 18.0 Å². The van der Waals surface area contributed by atoms with Gasteiger partial charge in [0.1, 0.15) is 25.6 Å². The highest BCUT2D eigenvalue weighted by Crippen LogP contribution is 2.41. The number of para-hydroxylation sites is 1. The zero-order valence-corrected chi connectivity index (χ0v) is 17.5. The first-order valence-electron chi connectivity index (χ1n) is 10.5. The van der Waals surface area contributed by atoms with E-state index in [1.165, 1.54) is 17.0 Å². The Balaban J connectivity index is 1.38. The third-order valence-electron chi connectivity index (χ3n) is 5.75. The summed E-state index contributed by atoms with van der Waals surface area (Å²) in [6.45, 7) is 0.798. The van der Waals surface area contributed by atoms with Gasteiger partial charge in [0, 0.05) is 11.8 Å². The van der Waals surface area contributed by atoms with Crippen LogP contribution in [0.2, 0.25) is 0 Å². The number of amides is 1. The molecule has 1 unspecified atom stereocenters. The molecule has 8 heteroatoms. The first-order chi connectivity index (χ1) is 15.9. The number of hydrogen-bond acceptors (Lipinski definition) is 4. The molecule has 170 valence electrons. The molecule has 0 aromatic heterocycles. The van der Waals surface area contributed by atoms with Gasteiger partial charge < -0.3 is 19.1 Å². The van der Waals surface area contributed by atoms with E-state index < -0.39 is 17.7 Å². The van der Waals surface area contributed by atoms with E-state index in [2.05, 4.69) is 0 Å². The maximum Gasteiger partial charge on any atom is 0.416 e. The molecule has 2 heterocycles. The summed E-state index contributed by atoms with van der Waals surface area (Å²) >= 11 is 0. The maximum absolute atomic E-state index is 13.5. The molecule has 1 atom stereocenters. The molecule has 0 bridgehead atoms. The van der Waals surface area contributed by atoms with E-state index in [0.29, 0.717) is 36.1 Å². The Morgan fingerprint density at radius 2 is 1.67 bits per heavy atom. The van der Waals surface area contributed by atoms with E-state index in [4.69, 9.17) is 14.2 Å². The summed E-state index contributed by atoms with van der Waals surface area (Å²) in [5.74, 6) is 0.788. The Kier molecular flexibility index (Phi) is 5.36. The number of benzene rings is 3.